The Hall–Kier alpha value is -2.15. The molecule has 1 aliphatic rings. The van der Waals surface area contributed by atoms with Gasteiger partial charge in [-0.05, 0) is 38.3 Å². The number of anilines is 1. The number of aryl methyl sites for hydroxylation is 1. The minimum atomic E-state index is 0.367. The van der Waals surface area contributed by atoms with Gasteiger partial charge >= 0.3 is 0 Å². The molecular weight excluding hydrogens is 310 g/mol. The molecule has 0 bridgehead atoms. The smallest absolute Gasteiger partial charge is 0.170 e. The largest absolute Gasteiger partial charge is 0.388 e. The number of amidine groups is 1. The highest BCUT2D eigenvalue weighted by atomic mass is 32.1. The van der Waals surface area contributed by atoms with Crippen LogP contribution in [0.2, 0.25) is 0 Å². The van der Waals surface area contributed by atoms with Crippen LogP contribution in [-0.2, 0) is 11.4 Å². The molecule has 2 aromatic rings. The number of oxime groups is 1. The summed E-state index contributed by atoms with van der Waals surface area (Å²) in [5.41, 5.74) is 6.86. The number of hydrogen-bond donors (Lipinski definition) is 1. The molecule has 0 aliphatic carbocycles. The molecular formula is C16H21N5OS. The molecule has 7 heteroatoms. The van der Waals surface area contributed by atoms with Crippen LogP contribution in [0.25, 0.3) is 0 Å². The minimum absolute atomic E-state index is 0.367. The van der Waals surface area contributed by atoms with Crippen molar-refractivity contribution in [1.29, 1.82) is 0 Å². The van der Waals surface area contributed by atoms with Crippen molar-refractivity contribution in [1.82, 2.24) is 9.97 Å². The number of aromatic nitrogens is 2. The number of rotatable bonds is 5. The summed E-state index contributed by atoms with van der Waals surface area (Å²) in [6.45, 7) is 4.45. The van der Waals surface area contributed by atoms with E-state index >= 15 is 0 Å². The average molecular weight is 331 g/mol. The second kappa shape index (κ2) is 7.41. The predicted molar refractivity (Wildman–Crippen MR) is 92.7 cm³/mol. The molecule has 2 N–H and O–H groups in total. The number of nitrogens with zero attached hydrogens (tertiary/aromatic N) is 4. The topological polar surface area (TPSA) is 76.6 Å². The molecule has 1 saturated heterocycles. The molecule has 1 fully saturated rings. The molecule has 0 atom stereocenters. The first-order valence-electron chi connectivity index (χ1n) is 7.80. The first kappa shape index (κ1) is 15.7. The number of hydrogen-bond acceptors (Lipinski definition) is 6. The highest BCUT2D eigenvalue weighted by molar-refractivity contribution is 7.11. The second-order valence-electron chi connectivity index (χ2n) is 5.55. The van der Waals surface area contributed by atoms with Crippen LogP contribution in [0.15, 0.2) is 29.7 Å². The zero-order chi connectivity index (χ0) is 16.1. The van der Waals surface area contributed by atoms with Gasteiger partial charge in [0.25, 0.3) is 0 Å². The summed E-state index contributed by atoms with van der Waals surface area (Å²) in [7, 11) is 0. The number of pyridine rings is 1. The van der Waals surface area contributed by atoms with E-state index in [-0.39, 0.29) is 0 Å². The molecule has 0 saturated carbocycles. The third-order valence-corrected chi connectivity index (χ3v) is 4.65. The van der Waals surface area contributed by atoms with E-state index in [0.29, 0.717) is 12.4 Å². The van der Waals surface area contributed by atoms with Crippen LogP contribution in [0.4, 0.5) is 5.82 Å². The Morgan fingerprint density at radius 1 is 1.35 bits per heavy atom. The zero-order valence-corrected chi connectivity index (χ0v) is 14.1. The van der Waals surface area contributed by atoms with Crippen LogP contribution in [0.3, 0.4) is 0 Å². The van der Waals surface area contributed by atoms with Gasteiger partial charge in [-0.1, -0.05) is 5.16 Å². The standard InChI is InChI=1S/C16H21N5OS/c1-12-19-10-14(23-12)11-22-20-16(17)13-5-6-18-15(9-13)21-7-3-2-4-8-21/h5-6,9-10H,2-4,7-8,11H2,1H3,(H2,17,20). The van der Waals surface area contributed by atoms with Gasteiger partial charge in [0.2, 0.25) is 0 Å². The molecule has 3 heterocycles. The Labute approximate surface area is 140 Å². The van der Waals surface area contributed by atoms with Crippen LogP contribution in [-0.4, -0.2) is 28.9 Å². The fourth-order valence-electron chi connectivity index (χ4n) is 2.56. The molecule has 0 spiro atoms. The van der Waals surface area contributed by atoms with Gasteiger partial charge in [0.05, 0.1) is 9.88 Å². The van der Waals surface area contributed by atoms with E-state index < -0.39 is 0 Å². The molecule has 3 rings (SSSR count). The zero-order valence-electron chi connectivity index (χ0n) is 13.2. The molecule has 0 amide bonds. The number of nitrogens with two attached hydrogens (primary N) is 1. The summed E-state index contributed by atoms with van der Waals surface area (Å²) < 4.78 is 0. The van der Waals surface area contributed by atoms with Crippen molar-refractivity contribution >= 4 is 23.0 Å². The first-order chi connectivity index (χ1) is 11.2. The van der Waals surface area contributed by atoms with E-state index in [1.807, 2.05) is 19.1 Å². The Morgan fingerprint density at radius 2 is 2.17 bits per heavy atom. The van der Waals surface area contributed by atoms with Gasteiger partial charge in [0.15, 0.2) is 12.4 Å². The van der Waals surface area contributed by atoms with Crippen molar-refractivity contribution in [2.75, 3.05) is 18.0 Å². The van der Waals surface area contributed by atoms with E-state index in [2.05, 4.69) is 20.0 Å². The van der Waals surface area contributed by atoms with Gasteiger partial charge in [0.1, 0.15) is 5.82 Å². The van der Waals surface area contributed by atoms with Crippen molar-refractivity contribution in [2.45, 2.75) is 32.8 Å². The minimum Gasteiger partial charge on any atom is -0.388 e. The van der Waals surface area contributed by atoms with Crippen molar-refractivity contribution in [3.05, 3.63) is 40.0 Å². The summed E-state index contributed by atoms with van der Waals surface area (Å²) >= 11 is 1.59. The molecule has 0 aromatic carbocycles. The summed E-state index contributed by atoms with van der Waals surface area (Å²) in [5.74, 6) is 1.32. The number of thiazole rings is 1. The summed E-state index contributed by atoms with van der Waals surface area (Å²) in [4.78, 5) is 17.3. The van der Waals surface area contributed by atoms with Crippen LogP contribution in [0.5, 0.6) is 0 Å². The fourth-order valence-corrected chi connectivity index (χ4v) is 3.27. The molecule has 6 nitrogen and oxygen atoms in total. The van der Waals surface area contributed by atoms with E-state index in [0.717, 1.165) is 34.4 Å². The van der Waals surface area contributed by atoms with Gasteiger partial charge in [-0.3, -0.25) is 0 Å². The Kier molecular flexibility index (Phi) is 5.07. The normalized spacial score (nSPS) is 15.7. The lowest BCUT2D eigenvalue weighted by Crippen LogP contribution is -2.30. The van der Waals surface area contributed by atoms with Crippen LogP contribution >= 0.6 is 11.3 Å². The van der Waals surface area contributed by atoms with Crippen molar-refractivity contribution in [3.63, 3.8) is 0 Å². The highest BCUT2D eigenvalue weighted by Gasteiger charge is 2.13. The van der Waals surface area contributed by atoms with Gasteiger partial charge in [-0.25, -0.2) is 9.97 Å². The third-order valence-electron chi connectivity index (χ3n) is 3.76. The Morgan fingerprint density at radius 3 is 2.91 bits per heavy atom. The quantitative estimate of drug-likeness (QED) is 0.518. The maximum atomic E-state index is 6.03. The molecule has 23 heavy (non-hydrogen) atoms. The van der Waals surface area contributed by atoms with Crippen LogP contribution in [0, 0.1) is 6.92 Å². The second-order valence-corrected chi connectivity index (χ2v) is 6.87. The predicted octanol–water partition coefficient (Wildman–Crippen LogP) is 2.67. The average Bonchev–Trinajstić information content (AvgIpc) is 3.01. The van der Waals surface area contributed by atoms with Gasteiger partial charge in [0, 0.05) is 31.0 Å². The van der Waals surface area contributed by atoms with Gasteiger partial charge < -0.3 is 15.5 Å². The van der Waals surface area contributed by atoms with E-state index in [9.17, 15) is 0 Å². The van der Waals surface area contributed by atoms with Gasteiger partial charge in [-0.2, -0.15) is 0 Å². The summed E-state index contributed by atoms with van der Waals surface area (Å²) in [6, 6.07) is 3.83. The fraction of sp³-hybridized carbons (Fsp3) is 0.438. The van der Waals surface area contributed by atoms with Crippen molar-refractivity contribution < 1.29 is 4.84 Å². The van der Waals surface area contributed by atoms with Crippen LogP contribution in [0.1, 0.15) is 34.7 Å². The SMILES string of the molecule is Cc1ncc(CO/N=C(\N)c2ccnc(N3CCCCC3)c2)s1. The lowest BCUT2D eigenvalue weighted by molar-refractivity contribution is 0.132. The maximum absolute atomic E-state index is 6.03. The third kappa shape index (κ3) is 4.19. The summed E-state index contributed by atoms with van der Waals surface area (Å²) in [6.07, 6.45) is 7.30. The molecule has 122 valence electrons. The highest BCUT2D eigenvalue weighted by Crippen LogP contribution is 2.18. The van der Waals surface area contributed by atoms with E-state index in [1.54, 1.807) is 23.7 Å². The van der Waals surface area contributed by atoms with E-state index in [4.69, 9.17) is 10.6 Å². The molecule has 0 unspecified atom stereocenters. The van der Waals surface area contributed by atoms with Crippen molar-refractivity contribution in [3.8, 4) is 0 Å². The number of piperidine rings is 1. The van der Waals surface area contributed by atoms with Crippen molar-refractivity contribution in [2.24, 2.45) is 10.9 Å². The monoisotopic (exact) mass is 331 g/mol. The van der Waals surface area contributed by atoms with Gasteiger partial charge in [-0.15, -0.1) is 11.3 Å². The van der Waals surface area contributed by atoms with E-state index in [1.165, 1.54) is 19.3 Å². The molecule has 1 aliphatic heterocycles. The first-order valence-corrected chi connectivity index (χ1v) is 8.62. The maximum Gasteiger partial charge on any atom is 0.170 e. The van der Waals surface area contributed by atoms with Crippen LogP contribution < -0.4 is 10.6 Å². The lowest BCUT2D eigenvalue weighted by Gasteiger charge is -2.27. The molecule has 0 radical (unpaired) electrons. The molecule has 2 aromatic heterocycles. The lowest BCUT2D eigenvalue weighted by atomic mass is 10.1. The summed E-state index contributed by atoms with van der Waals surface area (Å²) in [5, 5.41) is 5.03. The Balaban J connectivity index is 1.64. The Bertz CT molecular complexity index is 679.